The van der Waals surface area contributed by atoms with Crippen molar-refractivity contribution in [2.24, 2.45) is 5.92 Å². The van der Waals surface area contributed by atoms with Crippen LogP contribution in [0.3, 0.4) is 0 Å². The van der Waals surface area contributed by atoms with E-state index in [4.69, 9.17) is 4.74 Å². The zero-order valence-corrected chi connectivity index (χ0v) is 16.0. The lowest BCUT2D eigenvalue weighted by molar-refractivity contribution is -0.146. The van der Waals surface area contributed by atoms with Gasteiger partial charge in [-0.2, -0.15) is 0 Å². The van der Waals surface area contributed by atoms with Gasteiger partial charge in [-0.15, -0.1) is 0 Å². The van der Waals surface area contributed by atoms with Crippen LogP contribution < -0.4 is 5.32 Å². The van der Waals surface area contributed by atoms with Gasteiger partial charge >= 0.3 is 12.0 Å². The van der Waals surface area contributed by atoms with Crippen LogP contribution in [-0.4, -0.2) is 47.3 Å². The van der Waals surface area contributed by atoms with E-state index in [-0.39, 0.29) is 11.7 Å². The standard InChI is InChI=1S/C20H24N2O5/c1-11-7-12(2)17(13(3)8-11)15(23)10-27-16(24)9-22-18(25)20(4,14-5-6-14)21-19(22)26/h7-8,14H,5-6,9-10H2,1-4H3,(H,21,26). The first-order valence-electron chi connectivity index (χ1n) is 9.04. The van der Waals surface area contributed by atoms with Crippen molar-refractivity contribution >= 4 is 23.7 Å². The summed E-state index contributed by atoms with van der Waals surface area (Å²) in [6.45, 7) is 6.38. The molecule has 1 aromatic rings. The number of carbonyl (C=O) groups excluding carboxylic acids is 4. The Hall–Kier alpha value is -2.70. The van der Waals surface area contributed by atoms with Gasteiger partial charge < -0.3 is 10.1 Å². The summed E-state index contributed by atoms with van der Waals surface area (Å²) in [7, 11) is 0. The van der Waals surface area contributed by atoms with Crippen LogP contribution in [0.15, 0.2) is 12.1 Å². The van der Waals surface area contributed by atoms with Crippen LogP contribution >= 0.6 is 0 Å². The Balaban J connectivity index is 1.60. The molecule has 3 amide bonds. The third-order valence-corrected chi connectivity index (χ3v) is 5.30. The minimum absolute atomic E-state index is 0.115. The number of imide groups is 1. The van der Waals surface area contributed by atoms with Crippen LogP contribution in [0.1, 0.15) is 46.8 Å². The number of rotatable bonds is 6. The second kappa shape index (κ2) is 6.79. The fraction of sp³-hybridized carbons (Fsp3) is 0.500. The molecule has 1 aliphatic heterocycles. The summed E-state index contributed by atoms with van der Waals surface area (Å²) in [5.41, 5.74) is 2.29. The van der Waals surface area contributed by atoms with Gasteiger partial charge in [0.05, 0.1) is 0 Å². The van der Waals surface area contributed by atoms with Gasteiger partial charge in [0, 0.05) is 5.56 Å². The number of Topliss-reactive ketones (excluding diaryl/α,β-unsaturated/α-hetero) is 1. The van der Waals surface area contributed by atoms with E-state index in [9.17, 15) is 19.2 Å². The van der Waals surface area contributed by atoms with Crippen LogP contribution in [0.4, 0.5) is 4.79 Å². The molecule has 3 rings (SSSR count). The lowest BCUT2D eigenvalue weighted by Gasteiger charge is -2.20. The summed E-state index contributed by atoms with van der Waals surface area (Å²) in [5, 5.41) is 2.67. The van der Waals surface area contributed by atoms with Crippen molar-refractivity contribution in [1.29, 1.82) is 0 Å². The Labute approximate surface area is 158 Å². The van der Waals surface area contributed by atoms with Crippen molar-refractivity contribution in [3.8, 4) is 0 Å². The van der Waals surface area contributed by atoms with Crippen LogP contribution in [0.5, 0.6) is 0 Å². The van der Waals surface area contributed by atoms with Gasteiger partial charge in [-0.3, -0.25) is 19.3 Å². The Morgan fingerprint density at radius 3 is 2.33 bits per heavy atom. The third-order valence-electron chi connectivity index (χ3n) is 5.30. The van der Waals surface area contributed by atoms with Gasteiger partial charge in [-0.05, 0) is 57.6 Å². The highest BCUT2D eigenvalue weighted by molar-refractivity contribution is 6.09. The summed E-state index contributed by atoms with van der Waals surface area (Å²) in [6, 6.07) is 3.20. The van der Waals surface area contributed by atoms with E-state index in [1.54, 1.807) is 6.92 Å². The molecule has 1 heterocycles. The molecule has 7 heteroatoms. The number of aryl methyl sites for hydroxylation is 3. The molecular weight excluding hydrogens is 348 g/mol. The van der Waals surface area contributed by atoms with Gasteiger partial charge in [0.25, 0.3) is 5.91 Å². The van der Waals surface area contributed by atoms with Crippen molar-refractivity contribution in [2.75, 3.05) is 13.2 Å². The van der Waals surface area contributed by atoms with E-state index >= 15 is 0 Å². The lowest BCUT2D eigenvalue weighted by Crippen LogP contribution is -2.46. The number of esters is 1. The minimum atomic E-state index is -0.941. The van der Waals surface area contributed by atoms with E-state index in [1.807, 2.05) is 32.9 Å². The summed E-state index contributed by atoms with van der Waals surface area (Å²) < 4.78 is 5.04. The molecule has 0 radical (unpaired) electrons. The summed E-state index contributed by atoms with van der Waals surface area (Å²) in [5.74, 6) is -1.39. The van der Waals surface area contributed by atoms with Crippen molar-refractivity contribution in [3.63, 3.8) is 0 Å². The third kappa shape index (κ3) is 3.59. The first kappa shape index (κ1) is 19.1. The van der Waals surface area contributed by atoms with Gasteiger partial charge in [0.1, 0.15) is 12.1 Å². The molecule has 1 N–H and O–H groups in total. The number of ether oxygens (including phenoxy) is 1. The number of nitrogens with one attached hydrogen (secondary N) is 1. The van der Waals surface area contributed by atoms with E-state index in [2.05, 4.69) is 5.32 Å². The molecule has 1 aromatic carbocycles. The fourth-order valence-corrected chi connectivity index (χ4v) is 3.81. The van der Waals surface area contributed by atoms with Crippen molar-refractivity contribution in [1.82, 2.24) is 10.2 Å². The predicted octanol–water partition coefficient (Wildman–Crippen LogP) is 2.06. The molecule has 2 aliphatic rings. The molecule has 0 aromatic heterocycles. The molecule has 0 spiro atoms. The Morgan fingerprint density at radius 1 is 1.19 bits per heavy atom. The monoisotopic (exact) mass is 372 g/mol. The molecule has 0 bridgehead atoms. The largest absolute Gasteiger partial charge is 0.456 e. The van der Waals surface area contributed by atoms with E-state index < -0.39 is 36.6 Å². The molecule has 7 nitrogen and oxygen atoms in total. The van der Waals surface area contributed by atoms with Gasteiger partial charge in [0.2, 0.25) is 5.78 Å². The second-order valence-corrected chi connectivity index (χ2v) is 7.66. The highest BCUT2D eigenvalue weighted by atomic mass is 16.5. The molecule has 1 saturated heterocycles. The zero-order valence-electron chi connectivity index (χ0n) is 16.0. The number of carbonyl (C=O) groups is 4. The number of hydrogen-bond acceptors (Lipinski definition) is 5. The highest BCUT2D eigenvalue weighted by Gasteiger charge is 2.56. The van der Waals surface area contributed by atoms with E-state index in [1.165, 1.54) is 0 Å². The maximum atomic E-state index is 12.5. The molecular formula is C20H24N2O5. The number of benzene rings is 1. The molecule has 1 atom stereocenters. The van der Waals surface area contributed by atoms with Gasteiger partial charge in [-0.1, -0.05) is 17.7 Å². The summed E-state index contributed by atoms with van der Waals surface area (Å²) in [4.78, 5) is 50.0. The molecule has 144 valence electrons. The normalized spacial score (nSPS) is 22.0. The van der Waals surface area contributed by atoms with Crippen LogP contribution in [0, 0.1) is 26.7 Å². The number of ketones is 1. The molecule has 1 unspecified atom stereocenters. The van der Waals surface area contributed by atoms with Crippen molar-refractivity contribution < 1.29 is 23.9 Å². The van der Waals surface area contributed by atoms with Crippen LogP contribution in [-0.2, 0) is 14.3 Å². The lowest BCUT2D eigenvalue weighted by atomic mass is 9.96. The minimum Gasteiger partial charge on any atom is -0.456 e. The first-order chi connectivity index (χ1) is 12.6. The predicted molar refractivity (Wildman–Crippen MR) is 97.3 cm³/mol. The van der Waals surface area contributed by atoms with E-state index in [0.717, 1.165) is 34.4 Å². The average molecular weight is 372 g/mol. The quantitative estimate of drug-likeness (QED) is 0.469. The van der Waals surface area contributed by atoms with Gasteiger partial charge in [-0.25, -0.2) is 4.79 Å². The average Bonchev–Trinajstić information content (AvgIpc) is 3.38. The molecule has 1 saturated carbocycles. The SMILES string of the molecule is Cc1cc(C)c(C(=O)COC(=O)CN2C(=O)NC(C)(C3CC3)C2=O)c(C)c1. The number of hydrogen-bond donors (Lipinski definition) is 1. The molecule has 2 fully saturated rings. The molecule has 27 heavy (non-hydrogen) atoms. The highest BCUT2D eigenvalue weighted by Crippen LogP contribution is 2.42. The number of nitrogens with zero attached hydrogens (tertiary/aromatic N) is 1. The first-order valence-corrected chi connectivity index (χ1v) is 9.04. The topological polar surface area (TPSA) is 92.8 Å². The smallest absolute Gasteiger partial charge is 0.326 e. The second-order valence-electron chi connectivity index (χ2n) is 7.66. The van der Waals surface area contributed by atoms with Crippen molar-refractivity contribution in [2.45, 2.75) is 46.1 Å². The maximum Gasteiger partial charge on any atom is 0.326 e. The summed E-state index contributed by atoms with van der Waals surface area (Å²) in [6.07, 6.45) is 1.76. The zero-order chi connectivity index (χ0) is 19.9. The van der Waals surface area contributed by atoms with Gasteiger partial charge in [0.15, 0.2) is 6.61 Å². The van der Waals surface area contributed by atoms with Crippen LogP contribution in [0.2, 0.25) is 0 Å². The summed E-state index contributed by atoms with van der Waals surface area (Å²) >= 11 is 0. The maximum absolute atomic E-state index is 12.5. The Morgan fingerprint density at radius 2 is 1.78 bits per heavy atom. The van der Waals surface area contributed by atoms with Crippen LogP contribution in [0.25, 0.3) is 0 Å². The van der Waals surface area contributed by atoms with E-state index in [0.29, 0.717) is 5.56 Å². The number of amides is 3. The Bertz CT molecular complexity index is 820. The molecule has 1 aliphatic carbocycles. The number of urea groups is 1. The Kier molecular flexibility index (Phi) is 4.80. The fourth-order valence-electron chi connectivity index (χ4n) is 3.81. The van der Waals surface area contributed by atoms with Crippen molar-refractivity contribution in [3.05, 3.63) is 34.4 Å².